The van der Waals surface area contributed by atoms with Crippen LogP contribution in [0.2, 0.25) is 0 Å². The maximum absolute atomic E-state index is 13.9. The second kappa shape index (κ2) is 4.65. The van der Waals surface area contributed by atoms with Gasteiger partial charge in [-0.1, -0.05) is 18.2 Å². The Morgan fingerprint density at radius 1 is 0.842 bits per heavy atom. The van der Waals surface area contributed by atoms with E-state index in [1.165, 1.54) is 23.6 Å². The van der Waals surface area contributed by atoms with Crippen molar-refractivity contribution in [3.8, 4) is 11.1 Å². The molecule has 1 aliphatic rings. The SMILES string of the molecule is Nc1cc(F)c(-c2ccc3c(c2)CCCC3)cc1F. The number of rotatable bonds is 1. The first-order chi connectivity index (χ1) is 9.15. The highest BCUT2D eigenvalue weighted by atomic mass is 19.1. The smallest absolute Gasteiger partial charge is 0.146 e. The first kappa shape index (κ1) is 12.2. The van der Waals surface area contributed by atoms with E-state index in [0.29, 0.717) is 0 Å². The molecule has 0 saturated heterocycles. The van der Waals surface area contributed by atoms with Crippen molar-refractivity contribution < 1.29 is 8.78 Å². The zero-order chi connectivity index (χ0) is 13.4. The summed E-state index contributed by atoms with van der Waals surface area (Å²) in [7, 11) is 0. The Morgan fingerprint density at radius 2 is 1.58 bits per heavy atom. The maximum atomic E-state index is 13.9. The Bertz CT molecular complexity index is 635. The van der Waals surface area contributed by atoms with Crippen molar-refractivity contribution in [1.29, 1.82) is 0 Å². The van der Waals surface area contributed by atoms with Crippen molar-refractivity contribution >= 4 is 5.69 Å². The highest BCUT2D eigenvalue weighted by Gasteiger charge is 2.13. The van der Waals surface area contributed by atoms with Crippen LogP contribution >= 0.6 is 0 Å². The van der Waals surface area contributed by atoms with E-state index in [1.807, 2.05) is 18.2 Å². The third kappa shape index (κ3) is 2.21. The normalized spacial score (nSPS) is 14.2. The maximum Gasteiger partial charge on any atom is 0.146 e. The number of hydrogen-bond acceptors (Lipinski definition) is 1. The molecule has 0 amide bonds. The lowest BCUT2D eigenvalue weighted by Gasteiger charge is -2.17. The second-order valence-corrected chi connectivity index (χ2v) is 5.04. The van der Waals surface area contributed by atoms with Gasteiger partial charge in [0.1, 0.15) is 11.6 Å². The molecule has 98 valence electrons. The zero-order valence-electron chi connectivity index (χ0n) is 10.5. The molecule has 0 atom stereocenters. The fourth-order valence-corrected chi connectivity index (χ4v) is 2.68. The van der Waals surface area contributed by atoms with Gasteiger partial charge in [-0.3, -0.25) is 0 Å². The minimum Gasteiger partial charge on any atom is -0.396 e. The zero-order valence-corrected chi connectivity index (χ0v) is 10.5. The largest absolute Gasteiger partial charge is 0.396 e. The summed E-state index contributed by atoms with van der Waals surface area (Å²) in [6, 6.07) is 8.08. The van der Waals surface area contributed by atoms with Crippen LogP contribution in [0.25, 0.3) is 11.1 Å². The quantitative estimate of drug-likeness (QED) is 0.767. The molecule has 2 aromatic rings. The van der Waals surface area contributed by atoms with E-state index >= 15 is 0 Å². The van der Waals surface area contributed by atoms with Crippen molar-refractivity contribution in [2.45, 2.75) is 25.7 Å². The third-order valence-electron chi connectivity index (χ3n) is 3.75. The molecule has 0 heterocycles. The van der Waals surface area contributed by atoms with Crippen molar-refractivity contribution in [2.24, 2.45) is 0 Å². The topological polar surface area (TPSA) is 26.0 Å². The molecule has 1 aliphatic carbocycles. The first-order valence-electron chi connectivity index (χ1n) is 6.52. The van der Waals surface area contributed by atoms with Gasteiger partial charge in [0.15, 0.2) is 0 Å². The predicted octanol–water partition coefficient (Wildman–Crippen LogP) is 4.09. The van der Waals surface area contributed by atoms with Crippen LogP contribution < -0.4 is 5.73 Å². The molecule has 0 aliphatic heterocycles. The van der Waals surface area contributed by atoms with E-state index in [2.05, 4.69) is 0 Å². The Balaban J connectivity index is 2.09. The Kier molecular flexibility index (Phi) is 2.97. The molecule has 3 heteroatoms. The highest BCUT2D eigenvalue weighted by molar-refractivity contribution is 5.68. The summed E-state index contributed by atoms with van der Waals surface area (Å²) in [5.41, 5.74) is 8.78. The number of nitrogens with two attached hydrogens (primary N) is 1. The molecule has 0 radical (unpaired) electrons. The average Bonchev–Trinajstić information content (AvgIpc) is 2.42. The number of nitrogen functional groups attached to an aromatic ring is 1. The molecular weight excluding hydrogens is 244 g/mol. The molecule has 0 aromatic heterocycles. The first-order valence-corrected chi connectivity index (χ1v) is 6.52. The Hall–Kier alpha value is -1.90. The summed E-state index contributed by atoms with van der Waals surface area (Å²) in [6.45, 7) is 0. The third-order valence-corrected chi connectivity index (χ3v) is 3.75. The van der Waals surface area contributed by atoms with E-state index in [0.717, 1.165) is 30.9 Å². The van der Waals surface area contributed by atoms with Crippen molar-refractivity contribution in [1.82, 2.24) is 0 Å². The second-order valence-electron chi connectivity index (χ2n) is 5.04. The van der Waals surface area contributed by atoms with E-state index in [4.69, 9.17) is 5.73 Å². The van der Waals surface area contributed by atoms with Gasteiger partial charge in [-0.2, -0.15) is 0 Å². The van der Waals surface area contributed by atoms with Gasteiger partial charge in [0.2, 0.25) is 0 Å². The number of fused-ring (bicyclic) bond motifs is 1. The van der Waals surface area contributed by atoms with Crippen LogP contribution in [0.1, 0.15) is 24.0 Å². The van der Waals surface area contributed by atoms with Crippen LogP contribution in [-0.4, -0.2) is 0 Å². The summed E-state index contributed by atoms with van der Waals surface area (Å²) in [4.78, 5) is 0. The Labute approximate surface area is 111 Å². The van der Waals surface area contributed by atoms with Crippen LogP contribution in [-0.2, 0) is 12.8 Å². The molecule has 3 rings (SSSR count). The molecule has 0 bridgehead atoms. The number of hydrogen-bond donors (Lipinski definition) is 1. The van der Waals surface area contributed by atoms with Gasteiger partial charge >= 0.3 is 0 Å². The molecule has 2 N–H and O–H groups in total. The van der Waals surface area contributed by atoms with Gasteiger partial charge in [0.05, 0.1) is 5.69 Å². The number of halogens is 2. The van der Waals surface area contributed by atoms with Crippen molar-refractivity contribution in [2.75, 3.05) is 5.73 Å². The van der Waals surface area contributed by atoms with Gasteiger partial charge in [0.25, 0.3) is 0 Å². The van der Waals surface area contributed by atoms with E-state index in [9.17, 15) is 8.78 Å². The van der Waals surface area contributed by atoms with E-state index in [-0.39, 0.29) is 11.3 Å². The summed E-state index contributed by atoms with van der Waals surface area (Å²) in [5.74, 6) is -1.05. The van der Waals surface area contributed by atoms with Crippen LogP contribution in [0.3, 0.4) is 0 Å². The highest BCUT2D eigenvalue weighted by Crippen LogP contribution is 2.30. The van der Waals surface area contributed by atoms with Gasteiger partial charge in [-0.25, -0.2) is 8.78 Å². The summed E-state index contributed by atoms with van der Waals surface area (Å²) in [5, 5.41) is 0. The minimum absolute atomic E-state index is 0.154. The molecule has 19 heavy (non-hydrogen) atoms. The van der Waals surface area contributed by atoms with Gasteiger partial charge in [-0.05, 0) is 48.4 Å². The molecule has 0 fully saturated rings. The molecule has 0 spiro atoms. The lowest BCUT2D eigenvalue weighted by molar-refractivity contribution is 0.607. The van der Waals surface area contributed by atoms with E-state index < -0.39 is 11.6 Å². The summed E-state index contributed by atoms with van der Waals surface area (Å²) < 4.78 is 27.4. The van der Waals surface area contributed by atoms with Gasteiger partial charge in [0, 0.05) is 11.6 Å². The Morgan fingerprint density at radius 3 is 2.37 bits per heavy atom. The summed E-state index contributed by atoms with van der Waals surface area (Å²) >= 11 is 0. The lowest BCUT2D eigenvalue weighted by Crippen LogP contribution is -2.02. The number of benzene rings is 2. The number of aryl methyl sites for hydroxylation is 2. The fourth-order valence-electron chi connectivity index (χ4n) is 2.68. The van der Waals surface area contributed by atoms with Crippen molar-refractivity contribution in [3.63, 3.8) is 0 Å². The molecular formula is C16H15F2N. The number of anilines is 1. The van der Waals surface area contributed by atoms with Crippen molar-refractivity contribution in [3.05, 3.63) is 53.1 Å². The van der Waals surface area contributed by atoms with Gasteiger partial charge < -0.3 is 5.73 Å². The van der Waals surface area contributed by atoms with Crippen LogP contribution in [0.4, 0.5) is 14.5 Å². The predicted molar refractivity (Wildman–Crippen MR) is 72.8 cm³/mol. The van der Waals surface area contributed by atoms with Crippen LogP contribution in [0.15, 0.2) is 30.3 Å². The molecule has 2 aromatic carbocycles. The van der Waals surface area contributed by atoms with Crippen LogP contribution in [0, 0.1) is 11.6 Å². The van der Waals surface area contributed by atoms with Gasteiger partial charge in [-0.15, -0.1) is 0 Å². The average molecular weight is 259 g/mol. The van der Waals surface area contributed by atoms with E-state index in [1.54, 1.807) is 0 Å². The monoisotopic (exact) mass is 259 g/mol. The lowest BCUT2D eigenvalue weighted by atomic mass is 9.89. The van der Waals surface area contributed by atoms with Crippen LogP contribution in [0.5, 0.6) is 0 Å². The molecule has 0 unspecified atom stereocenters. The molecule has 0 saturated carbocycles. The summed E-state index contributed by atoms with van der Waals surface area (Å²) in [6.07, 6.45) is 4.46. The minimum atomic E-state index is -0.575. The fraction of sp³-hybridized carbons (Fsp3) is 0.250. The molecule has 1 nitrogen and oxygen atoms in total. The standard InChI is InChI=1S/C16H15F2N/c17-14-9-16(19)15(18)8-13(14)12-6-5-10-3-1-2-4-11(10)7-12/h5-9H,1-4,19H2.